The van der Waals surface area contributed by atoms with Crippen molar-refractivity contribution in [3.63, 3.8) is 0 Å². The van der Waals surface area contributed by atoms with Crippen LogP contribution in [-0.2, 0) is 0 Å². The third-order valence-corrected chi connectivity index (χ3v) is 3.95. The molecular weight excluding hydrogens is 212 g/mol. The Morgan fingerprint density at radius 2 is 2.12 bits per heavy atom. The van der Waals surface area contributed by atoms with Crippen LogP contribution < -0.4 is 0 Å². The van der Waals surface area contributed by atoms with Crippen LogP contribution >= 0.6 is 0 Å². The van der Waals surface area contributed by atoms with Crippen LogP contribution in [0.2, 0.25) is 0 Å². The Kier molecular flexibility index (Phi) is 1.77. The number of aliphatic hydroxyl groups excluding tert-OH is 1. The summed E-state index contributed by atoms with van der Waals surface area (Å²) in [6.45, 7) is 0. The minimum absolute atomic E-state index is 0.0659. The highest BCUT2D eigenvalue weighted by Crippen LogP contribution is 2.46. The molecule has 3 nitrogen and oxygen atoms in total. The smallest absolute Gasteiger partial charge is 0.0957 e. The molecule has 2 aliphatic rings. The summed E-state index contributed by atoms with van der Waals surface area (Å²) in [6, 6.07) is 8.39. The summed E-state index contributed by atoms with van der Waals surface area (Å²) in [7, 11) is 0. The number of fused-ring (bicyclic) bond motifs is 3. The molecule has 3 heteroatoms. The highest BCUT2D eigenvalue weighted by molar-refractivity contribution is 5.69. The molecule has 0 unspecified atom stereocenters. The Morgan fingerprint density at radius 3 is 2.94 bits per heavy atom. The monoisotopic (exact) mass is 226 g/mol. The van der Waals surface area contributed by atoms with Gasteiger partial charge in [0.1, 0.15) is 0 Å². The molecular formula is C14H14N2O. The van der Waals surface area contributed by atoms with Gasteiger partial charge in [-0.3, -0.25) is 0 Å². The average Bonchev–Trinajstić information content (AvgIpc) is 3.01. The number of rotatable bonds is 2. The minimum Gasteiger partial charge on any atom is -0.390 e. The Hall–Kier alpha value is -1.61. The van der Waals surface area contributed by atoms with Crippen molar-refractivity contribution in [3.8, 4) is 11.3 Å². The SMILES string of the molecule is O[C@H](C1CC1)[C@H]1c2ccccc2-c2cncn21. The van der Waals surface area contributed by atoms with E-state index in [-0.39, 0.29) is 12.1 Å². The fraction of sp³-hybridized carbons (Fsp3) is 0.357. The maximum absolute atomic E-state index is 10.5. The number of hydrogen-bond donors (Lipinski definition) is 1. The van der Waals surface area contributed by atoms with Crippen molar-refractivity contribution < 1.29 is 5.11 Å². The van der Waals surface area contributed by atoms with Crippen LogP contribution in [-0.4, -0.2) is 20.8 Å². The van der Waals surface area contributed by atoms with Crippen molar-refractivity contribution in [2.75, 3.05) is 0 Å². The first-order chi connectivity index (χ1) is 8.36. The number of imidazole rings is 1. The lowest BCUT2D eigenvalue weighted by Crippen LogP contribution is -2.24. The van der Waals surface area contributed by atoms with E-state index in [1.54, 1.807) is 0 Å². The van der Waals surface area contributed by atoms with Gasteiger partial charge in [-0.05, 0) is 24.3 Å². The van der Waals surface area contributed by atoms with Gasteiger partial charge in [0.2, 0.25) is 0 Å². The fourth-order valence-electron chi connectivity index (χ4n) is 2.92. The van der Waals surface area contributed by atoms with Gasteiger partial charge in [-0.15, -0.1) is 0 Å². The summed E-state index contributed by atoms with van der Waals surface area (Å²) < 4.78 is 2.12. The quantitative estimate of drug-likeness (QED) is 0.852. The molecule has 1 aliphatic carbocycles. The Bertz CT molecular complexity index is 571. The Labute approximate surface area is 99.7 Å². The zero-order valence-electron chi connectivity index (χ0n) is 9.45. The van der Waals surface area contributed by atoms with Crippen molar-refractivity contribution in [2.45, 2.75) is 25.0 Å². The standard InChI is InChI=1S/C14H14N2O/c17-14(9-5-6-9)13-11-4-2-1-3-10(11)12-7-15-8-16(12)13/h1-4,7-9,13-14,17H,5-6H2/t13-,14-/m1/s1. The van der Waals surface area contributed by atoms with Gasteiger partial charge in [0.25, 0.3) is 0 Å². The van der Waals surface area contributed by atoms with Gasteiger partial charge in [-0.2, -0.15) is 0 Å². The summed E-state index contributed by atoms with van der Waals surface area (Å²) in [5.74, 6) is 0.474. The molecule has 1 aromatic carbocycles. The summed E-state index contributed by atoms with van der Waals surface area (Å²) in [5.41, 5.74) is 3.59. The predicted octanol–water partition coefficient (Wildman–Crippen LogP) is 2.22. The number of aromatic nitrogens is 2. The average molecular weight is 226 g/mol. The van der Waals surface area contributed by atoms with E-state index in [4.69, 9.17) is 0 Å². The van der Waals surface area contributed by atoms with Crippen molar-refractivity contribution in [1.29, 1.82) is 0 Å². The zero-order valence-corrected chi connectivity index (χ0v) is 9.45. The minimum atomic E-state index is -0.272. The molecule has 1 N–H and O–H groups in total. The first-order valence-electron chi connectivity index (χ1n) is 6.15. The molecule has 1 saturated carbocycles. The van der Waals surface area contributed by atoms with E-state index < -0.39 is 0 Å². The fourth-order valence-corrected chi connectivity index (χ4v) is 2.92. The van der Waals surface area contributed by atoms with Gasteiger partial charge in [-0.25, -0.2) is 4.98 Å². The van der Waals surface area contributed by atoms with Crippen molar-refractivity contribution in [2.24, 2.45) is 5.92 Å². The maximum atomic E-state index is 10.5. The van der Waals surface area contributed by atoms with Crippen LogP contribution in [0, 0.1) is 5.92 Å². The molecule has 0 radical (unpaired) electrons. The normalized spacial score (nSPS) is 23.2. The second-order valence-corrected chi connectivity index (χ2v) is 5.05. The molecule has 1 fully saturated rings. The van der Waals surface area contributed by atoms with Crippen molar-refractivity contribution in [1.82, 2.24) is 9.55 Å². The van der Waals surface area contributed by atoms with E-state index in [9.17, 15) is 5.11 Å². The van der Waals surface area contributed by atoms with Crippen LogP contribution in [0.3, 0.4) is 0 Å². The number of aliphatic hydroxyl groups is 1. The largest absolute Gasteiger partial charge is 0.390 e. The maximum Gasteiger partial charge on any atom is 0.0957 e. The lowest BCUT2D eigenvalue weighted by molar-refractivity contribution is 0.111. The molecule has 4 rings (SSSR count). The molecule has 0 saturated heterocycles. The van der Waals surface area contributed by atoms with Crippen molar-refractivity contribution in [3.05, 3.63) is 42.4 Å². The van der Waals surface area contributed by atoms with E-state index in [1.807, 2.05) is 24.7 Å². The van der Waals surface area contributed by atoms with E-state index in [2.05, 4.69) is 21.7 Å². The van der Waals surface area contributed by atoms with E-state index in [0.717, 1.165) is 18.5 Å². The van der Waals surface area contributed by atoms with E-state index in [1.165, 1.54) is 11.1 Å². The number of benzene rings is 1. The first-order valence-corrected chi connectivity index (χ1v) is 6.15. The Morgan fingerprint density at radius 1 is 1.29 bits per heavy atom. The molecule has 17 heavy (non-hydrogen) atoms. The summed E-state index contributed by atoms with van der Waals surface area (Å²) in [6.07, 6.45) is 5.77. The molecule has 2 heterocycles. The van der Waals surface area contributed by atoms with E-state index in [0.29, 0.717) is 5.92 Å². The molecule has 1 aromatic heterocycles. The molecule has 2 aromatic rings. The predicted molar refractivity (Wildman–Crippen MR) is 64.5 cm³/mol. The van der Waals surface area contributed by atoms with Crippen LogP contribution in [0.1, 0.15) is 24.4 Å². The molecule has 0 amide bonds. The van der Waals surface area contributed by atoms with Gasteiger partial charge in [-0.1, -0.05) is 24.3 Å². The number of hydrogen-bond acceptors (Lipinski definition) is 2. The molecule has 86 valence electrons. The second kappa shape index (κ2) is 3.20. The van der Waals surface area contributed by atoms with Crippen LogP contribution in [0.4, 0.5) is 0 Å². The van der Waals surface area contributed by atoms with E-state index >= 15 is 0 Å². The first kappa shape index (κ1) is 9.42. The third kappa shape index (κ3) is 1.23. The lowest BCUT2D eigenvalue weighted by Gasteiger charge is -2.21. The molecule has 1 aliphatic heterocycles. The topological polar surface area (TPSA) is 38.1 Å². The third-order valence-electron chi connectivity index (χ3n) is 3.95. The van der Waals surface area contributed by atoms with Gasteiger partial charge < -0.3 is 9.67 Å². The van der Waals surface area contributed by atoms with Crippen LogP contribution in [0.25, 0.3) is 11.3 Å². The number of nitrogens with zero attached hydrogens (tertiary/aromatic N) is 2. The highest BCUT2D eigenvalue weighted by atomic mass is 16.3. The second-order valence-electron chi connectivity index (χ2n) is 5.05. The molecule has 0 spiro atoms. The van der Waals surface area contributed by atoms with Crippen LogP contribution in [0.15, 0.2) is 36.8 Å². The molecule has 2 atom stereocenters. The van der Waals surface area contributed by atoms with Gasteiger partial charge in [0.15, 0.2) is 0 Å². The van der Waals surface area contributed by atoms with Crippen molar-refractivity contribution >= 4 is 0 Å². The van der Waals surface area contributed by atoms with Gasteiger partial charge >= 0.3 is 0 Å². The lowest BCUT2D eigenvalue weighted by atomic mass is 9.97. The van der Waals surface area contributed by atoms with Gasteiger partial charge in [0, 0.05) is 5.56 Å². The highest BCUT2D eigenvalue weighted by Gasteiger charge is 2.41. The zero-order chi connectivity index (χ0) is 11.4. The summed E-state index contributed by atoms with van der Waals surface area (Å²) in [4.78, 5) is 4.21. The van der Waals surface area contributed by atoms with Crippen LogP contribution in [0.5, 0.6) is 0 Å². The summed E-state index contributed by atoms with van der Waals surface area (Å²) >= 11 is 0. The van der Waals surface area contributed by atoms with Gasteiger partial charge in [0.05, 0.1) is 30.4 Å². The molecule has 0 bridgehead atoms. The Balaban J connectivity index is 1.89. The summed E-state index contributed by atoms with van der Waals surface area (Å²) in [5, 5.41) is 10.5.